The number of hydrogen-bond acceptors (Lipinski definition) is 1. The van der Waals surface area contributed by atoms with Crippen LogP contribution in [0.1, 0.15) is 24.8 Å². The van der Waals surface area contributed by atoms with Crippen molar-refractivity contribution in [3.63, 3.8) is 0 Å². The summed E-state index contributed by atoms with van der Waals surface area (Å²) >= 11 is 3.13. The second-order valence-electron chi connectivity index (χ2n) is 3.99. The molecule has 1 aliphatic rings. The van der Waals surface area contributed by atoms with Crippen molar-refractivity contribution >= 4 is 21.7 Å². The fourth-order valence-corrected chi connectivity index (χ4v) is 2.00. The summed E-state index contributed by atoms with van der Waals surface area (Å²) in [5.41, 5.74) is 1.01. The molecule has 15 heavy (non-hydrogen) atoms. The number of halogens is 2. The molecule has 0 amide bonds. The Bertz CT molecular complexity index is 385. The summed E-state index contributed by atoms with van der Waals surface area (Å²) in [5, 5.41) is 0. The molecule has 1 aromatic carbocycles. The van der Waals surface area contributed by atoms with E-state index in [1.807, 2.05) is 0 Å². The molecule has 1 nitrogen and oxygen atoms in total. The van der Waals surface area contributed by atoms with Gasteiger partial charge >= 0.3 is 0 Å². The molecule has 1 aromatic rings. The second kappa shape index (κ2) is 4.44. The zero-order valence-corrected chi connectivity index (χ0v) is 9.89. The maximum absolute atomic E-state index is 12.9. The lowest BCUT2D eigenvalue weighted by atomic mass is 10.1. The Kier molecular flexibility index (Phi) is 3.19. The summed E-state index contributed by atoms with van der Waals surface area (Å²) in [4.78, 5) is 11.4. The van der Waals surface area contributed by atoms with Crippen molar-refractivity contribution in [2.75, 3.05) is 0 Å². The van der Waals surface area contributed by atoms with Crippen molar-refractivity contribution in [1.29, 1.82) is 0 Å². The van der Waals surface area contributed by atoms with E-state index in [0.717, 1.165) is 18.4 Å². The van der Waals surface area contributed by atoms with Crippen LogP contribution in [0.3, 0.4) is 0 Å². The van der Waals surface area contributed by atoms with Gasteiger partial charge in [-0.1, -0.05) is 6.07 Å². The summed E-state index contributed by atoms with van der Waals surface area (Å²) in [6.07, 6.45) is 3.43. The van der Waals surface area contributed by atoms with Crippen LogP contribution in [0.15, 0.2) is 22.7 Å². The van der Waals surface area contributed by atoms with Gasteiger partial charge in [0.2, 0.25) is 0 Å². The third-order valence-corrected chi connectivity index (χ3v) is 3.28. The van der Waals surface area contributed by atoms with Crippen LogP contribution < -0.4 is 0 Å². The molecule has 0 aliphatic heterocycles. The second-order valence-corrected chi connectivity index (χ2v) is 4.84. The zero-order valence-electron chi connectivity index (χ0n) is 8.30. The van der Waals surface area contributed by atoms with E-state index >= 15 is 0 Å². The molecule has 0 spiro atoms. The van der Waals surface area contributed by atoms with Crippen LogP contribution in [0, 0.1) is 11.7 Å². The van der Waals surface area contributed by atoms with Crippen LogP contribution in [0.5, 0.6) is 0 Å². The molecule has 0 atom stereocenters. The number of Topliss-reactive ketones (excluding diaryl/α,β-unsaturated/α-hetero) is 1. The summed E-state index contributed by atoms with van der Waals surface area (Å²) in [6, 6.07) is 4.91. The lowest BCUT2D eigenvalue weighted by Crippen LogP contribution is -2.02. The first-order valence-electron chi connectivity index (χ1n) is 5.13. The van der Waals surface area contributed by atoms with Crippen molar-refractivity contribution in [2.45, 2.75) is 25.7 Å². The van der Waals surface area contributed by atoms with E-state index < -0.39 is 0 Å². The Morgan fingerprint density at radius 3 is 2.80 bits per heavy atom. The van der Waals surface area contributed by atoms with Crippen molar-refractivity contribution in [1.82, 2.24) is 0 Å². The van der Waals surface area contributed by atoms with Gasteiger partial charge in [-0.15, -0.1) is 0 Å². The molecule has 1 fully saturated rings. The van der Waals surface area contributed by atoms with Crippen LogP contribution in [-0.2, 0) is 11.2 Å². The number of hydrogen-bond donors (Lipinski definition) is 0. The van der Waals surface area contributed by atoms with E-state index in [0.29, 0.717) is 29.0 Å². The summed E-state index contributed by atoms with van der Waals surface area (Å²) in [5.74, 6) is 0.427. The highest BCUT2D eigenvalue weighted by molar-refractivity contribution is 9.10. The minimum absolute atomic E-state index is 0.257. The van der Waals surface area contributed by atoms with Gasteiger partial charge in [-0.3, -0.25) is 4.79 Å². The van der Waals surface area contributed by atoms with Gasteiger partial charge in [-0.25, -0.2) is 4.39 Å². The molecule has 2 rings (SSSR count). The first-order chi connectivity index (χ1) is 7.16. The third-order valence-electron chi connectivity index (χ3n) is 2.68. The Labute approximate surface area is 96.8 Å². The minimum atomic E-state index is -0.257. The highest BCUT2D eigenvalue weighted by Gasteiger charge is 2.28. The molecule has 0 N–H and O–H groups in total. The van der Waals surface area contributed by atoms with Gasteiger partial charge in [0.05, 0.1) is 4.47 Å². The van der Waals surface area contributed by atoms with Crippen molar-refractivity contribution in [3.05, 3.63) is 34.1 Å². The number of carbonyl (C=O) groups is 1. The van der Waals surface area contributed by atoms with E-state index in [2.05, 4.69) is 15.9 Å². The number of ketones is 1. The van der Waals surface area contributed by atoms with Crippen molar-refractivity contribution in [2.24, 2.45) is 5.92 Å². The monoisotopic (exact) mass is 270 g/mol. The van der Waals surface area contributed by atoms with E-state index in [1.54, 1.807) is 12.1 Å². The highest BCUT2D eigenvalue weighted by atomic mass is 79.9. The molecule has 80 valence electrons. The van der Waals surface area contributed by atoms with E-state index in [-0.39, 0.29) is 5.82 Å². The first-order valence-corrected chi connectivity index (χ1v) is 5.93. The molecule has 0 radical (unpaired) electrons. The predicted molar refractivity (Wildman–Crippen MR) is 60.2 cm³/mol. The minimum Gasteiger partial charge on any atom is -0.299 e. The van der Waals surface area contributed by atoms with Crippen LogP contribution in [0.2, 0.25) is 0 Å². The SMILES string of the molecule is O=C(CCc1ccc(F)c(Br)c1)C1CC1. The van der Waals surface area contributed by atoms with Gasteiger partial charge in [0.15, 0.2) is 0 Å². The average molecular weight is 271 g/mol. The zero-order chi connectivity index (χ0) is 10.8. The molecule has 3 heteroatoms. The number of benzene rings is 1. The van der Waals surface area contributed by atoms with Gasteiger partial charge in [-0.05, 0) is 52.9 Å². The van der Waals surface area contributed by atoms with Crippen molar-refractivity contribution in [3.8, 4) is 0 Å². The van der Waals surface area contributed by atoms with Gasteiger partial charge in [0.1, 0.15) is 11.6 Å². The summed E-state index contributed by atoms with van der Waals surface area (Å²) < 4.78 is 13.4. The standard InChI is InChI=1S/C12H12BrFO/c13-10-7-8(1-5-11(10)14)2-6-12(15)9-3-4-9/h1,5,7,9H,2-4,6H2. The largest absolute Gasteiger partial charge is 0.299 e. The molecule has 1 saturated carbocycles. The van der Waals surface area contributed by atoms with Crippen LogP contribution in [-0.4, -0.2) is 5.78 Å². The fraction of sp³-hybridized carbons (Fsp3) is 0.417. The van der Waals surface area contributed by atoms with Crippen LogP contribution >= 0.6 is 15.9 Å². The van der Waals surface area contributed by atoms with Gasteiger partial charge < -0.3 is 0 Å². The summed E-state index contributed by atoms with van der Waals surface area (Å²) in [6.45, 7) is 0. The van der Waals surface area contributed by atoms with Gasteiger partial charge in [0.25, 0.3) is 0 Å². The summed E-state index contributed by atoms with van der Waals surface area (Å²) in [7, 11) is 0. The molecule has 1 aliphatic carbocycles. The fourth-order valence-electron chi connectivity index (χ4n) is 1.57. The molecular formula is C12H12BrFO. The maximum Gasteiger partial charge on any atom is 0.137 e. The normalized spacial score (nSPS) is 15.3. The van der Waals surface area contributed by atoms with Crippen LogP contribution in [0.4, 0.5) is 4.39 Å². The van der Waals surface area contributed by atoms with E-state index in [1.165, 1.54) is 6.07 Å². The van der Waals surface area contributed by atoms with Crippen LogP contribution in [0.25, 0.3) is 0 Å². The molecule has 0 aromatic heterocycles. The third kappa shape index (κ3) is 2.88. The Balaban J connectivity index is 1.92. The lowest BCUT2D eigenvalue weighted by Gasteiger charge is -2.02. The highest BCUT2D eigenvalue weighted by Crippen LogP contribution is 2.31. The quantitative estimate of drug-likeness (QED) is 0.819. The Morgan fingerprint density at radius 1 is 1.47 bits per heavy atom. The van der Waals surface area contributed by atoms with Gasteiger partial charge in [0, 0.05) is 12.3 Å². The molecule has 0 unspecified atom stereocenters. The first kappa shape index (κ1) is 10.8. The molecule has 0 bridgehead atoms. The predicted octanol–water partition coefficient (Wildman–Crippen LogP) is 3.50. The maximum atomic E-state index is 12.9. The number of rotatable bonds is 4. The number of carbonyl (C=O) groups excluding carboxylic acids is 1. The molecule has 0 heterocycles. The Hall–Kier alpha value is -0.700. The smallest absolute Gasteiger partial charge is 0.137 e. The van der Waals surface area contributed by atoms with Gasteiger partial charge in [-0.2, -0.15) is 0 Å². The van der Waals surface area contributed by atoms with E-state index in [9.17, 15) is 9.18 Å². The molecule has 0 saturated heterocycles. The topological polar surface area (TPSA) is 17.1 Å². The van der Waals surface area contributed by atoms with Crippen molar-refractivity contribution < 1.29 is 9.18 Å². The number of aryl methyl sites for hydroxylation is 1. The molecular weight excluding hydrogens is 259 g/mol. The Morgan fingerprint density at radius 2 is 2.20 bits per heavy atom. The van der Waals surface area contributed by atoms with E-state index in [4.69, 9.17) is 0 Å². The lowest BCUT2D eigenvalue weighted by molar-refractivity contribution is -0.120. The average Bonchev–Trinajstić information content (AvgIpc) is 3.03.